The second kappa shape index (κ2) is 6.18. The van der Waals surface area contributed by atoms with E-state index in [-0.39, 0.29) is 18.2 Å². The summed E-state index contributed by atoms with van der Waals surface area (Å²) in [6.07, 6.45) is 0.198. The molecule has 5 heteroatoms. The Morgan fingerprint density at radius 3 is 2.72 bits per heavy atom. The summed E-state index contributed by atoms with van der Waals surface area (Å²) in [7, 11) is 0. The zero-order chi connectivity index (χ0) is 13.8. The summed E-state index contributed by atoms with van der Waals surface area (Å²) in [5, 5.41) is 2.86. The van der Waals surface area contributed by atoms with Crippen LogP contribution in [0.5, 0.6) is 0 Å². The van der Waals surface area contributed by atoms with Crippen LogP contribution in [0.25, 0.3) is 0 Å². The van der Waals surface area contributed by atoms with E-state index in [0.717, 1.165) is 4.47 Å². The molecule has 100 valence electrons. The molecule has 18 heavy (non-hydrogen) atoms. The lowest BCUT2D eigenvalue weighted by Gasteiger charge is -2.19. The molecule has 0 amide bonds. The number of carbonyl (C=O) groups excluding carboxylic acids is 1. The van der Waals surface area contributed by atoms with Gasteiger partial charge in [0.25, 0.3) is 0 Å². The van der Waals surface area contributed by atoms with E-state index in [1.165, 1.54) is 6.07 Å². The first kappa shape index (κ1) is 15.0. The largest absolute Gasteiger partial charge is 0.460 e. The molecule has 1 aromatic rings. The molecule has 0 unspecified atom stereocenters. The molecule has 0 aliphatic heterocycles. The Morgan fingerprint density at radius 1 is 1.44 bits per heavy atom. The number of ether oxygens (including phenoxy) is 1. The third-order valence-electron chi connectivity index (χ3n) is 1.99. The second-order valence-corrected chi connectivity index (χ2v) is 5.80. The number of hydrogen-bond donors (Lipinski definition) is 1. The predicted octanol–water partition coefficient (Wildman–Crippen LogP) is 3.73. The van der Waals surface area contributed by atoms with Crippen molar-refractivity contribution in [3.05, 3.63) is 28.5 Å². The van der Waals surface area contributed by atoms with Crippen LogP contribution in [0.15, 0.2) is 22.7 Å². The molecule has 0 spiro atoms. The summed E-state index contributed by atoms with van der Waals surface area (Å²) in [4.78, 5) is 11.4. The van der Waals surface area contributed by atoms with Crippen LogP contribution in [0.4, 0.5) is 10.1 Å². The lowest BCUT2D eigenvalue weighted by Crippen LogP contribution is -2.25. The number of esters is 1. The maximum absolute atomic E-state index is 13.4. The summed E-state index contributed by atoms with van der Waals surface area (Å²) in [5.41, 5.74) is -0.120. The van der Waals surface area contributed by atoms with Crippen LogP contribution in [0.1, 0.15) is 27.2 Å². The third-order valence-corrected chi connectivity index (χ3v) is 2.49. The Kier molecular flexibility index (Phi) is 5.14. The van der Waals surface area contributed by atoms with Crippen molar-refractivity contribution in [2.45, 2.75) is 32.8 Å². The number of rotatable bonds is 4. The van der Waals surface area contributed by atoms with Crippen LogP contribution in [-0.2, 0) is 9.53 Å². The van der Waals surface area contributed by atoms with Gasteiger partial charge in [0.1, 0.15) is 11.4 Å². The van der Waals surface area contributed by atoms with Crippen molar-refractivity contribution in [1.29, 1.82) is 0 Å². The average molecular weight is 318 g/mol. The third kappa shape index (κ3) is 5.49. The standard InChI is InChI=1S/C13H17BrFNO2/c1-13(2,3)18-12(17)6-7-16-11-8-9(14)4-5-10(11)15/h4-5,8,16H,6-7H2,1-3H3. The molecule has 0 saturated heterocycles. The van der Waals surface area contributed by atoms with Gasteiger partial charge in [-0.05, 0) is 39.0 Å². The molecule has 0 fully saturated rings. The van der Waals surface area contributed by atoms with Crippen molar-refractivity contribution in [2.24, 2.45) is 0 Å². The van der Waals surface area contributed by atoms with Crippen molar-refractivity contribution in [3.63, 3.8) is 0 Å². The highest BCUT2D eigenvalue weighted by atomic mass is 79.9. The van der Waals surface area contributed by atoms with Gasteiger partial charge in [0.05, 0.1) is 12.1 Å². The van der Waals surface area contributed by atoms with Crippen molar-refractivity contribution in [1.82, 2.24) is 0 Å². The normalized spacial score (nSPS) is 11.2. The van der Waals surface area contributed by atoms with Crippen LogP contribution in [0.3, 0.4) is 0 Å². The van der Waals surface area contributed by atoms with Crippen molar-refractivity contribution >= 4 is 27.6 Å². The second-order valence-electron chi connectivity index (χ2n) is 4.89. The molecule has 1 N–H and O–H groups in total. The van der Waals surface area contributed by atoms with E-state index in [9.17, 15) is 9.18 Å². The summed E-state index contributed by atoms with van der Waals surface area (Å²) in [5.74, 6) is -0.646. The van der Waals surface area contributed by atoms with E-state index >= 15 is 0 Å². The minimum absolute atomic E-state index is 0.198. The predicted molar refractivity (Wildman–Crippen MR) is 73.1 cm³/mol. The monoisotopic (exact) mass is 317 g/mol. The molecule has 0 atom stereocenters. The number of benzene rings is 1. The molecular formula is C13H17BrFNO2. The Bertz CT molecular complexity index is 429. The van der Waals surface area contributed by atoms with Gasteiger partial charge >= 0.3 is 5.97 Å². The SMILES string of the molecule is CC(C)(C)OC(=O)CCNc1cc(Br)ccc1F. The van der Waals surface area contributed by atoms with Crippen LogP contribution >= 0.6 is 15.9 Å². The molecule has 0 bridgehead atoms. The van der Waals surface area contributed by atoms with Crippen LogP contribution < -0.4 is 5.32 Å². The first-order valence-corrected chi connectivity index (χ1v) is 6.48. The molecule has 0 radical (unpaired) electrons. The van der Waals surface area contributed by atoms with Gasteiger partial charge in [-0.3, -0.25) is 4.79 Å². The summed E-state index contributed by atoms with van der Waals surface area (Å²) < 4.78 is 19.3. The molecule has 3 nitrogen and oxygen atoms in total. The first-order chi connectivity index (χ1) is 8.28. The lowest BCUT2D eigenvalue weighted by atomic mass is 10.2. The fourth-order valence-corrected chi connectivity index (χ4v) is 1.69. The van der Waals surface area contributed by atoms with Gasteiger partial charge in [-0.1, -0.05) is 15.9 Å². The summed E-state index contributed by atoms with van der Waals surface area (Å²) in [6, 6.07) is 4.61. The topological polar surface area (TPSA) is 38.3 Å². The highest BCUT2D eigenvalue weighted by Crippen LogP contribution is 2.20. The lowest BCUT2D eigenvalue weighted by molar-refractivity contribution is -0.154. The van der Waals surface area contributed by atoms with E-state index in [1.54, 1.807) is 12.1 Å². The van der Waals surface area contributed by atoms with E-state index in [1.807, 2.05) is 20.8 Å². The molecule has 0 heterocycles. The number of halogens is 2. The molecule has 0 aliphatic rings. The van der Waals surface area contributed by atoms with Crippen LogP contribution in [0.2, 0.25) is 0 Å². The maximum Gasteiger partial charge on any atom is 0.308 e. The molecular weight excluding hydrogens is 301 g/mol. The summed E-state index contributed by atoms with van der Waals surface area (Å²) in [6.45, 7) is 5.77. The number of nitrogens with one attached hydrogen (secondary N) is 1. The Hall–Kier alpha value is -1.10. The molecule has 0 saturated carbocycles. The van der Waals surface area contributed by atoms with Gasteiger partial charge in [0, 0.05) is 11.0 Å². The van der Waals surface area contributed by atoms with Gasteiger partial charge in [0.2, 0.25) is 0 Å². The maximum atomic E-state index is 13.4. The molecule has 1 aromatic carbocycles. The Labute approximate surface area is 115 Å². The minimum Gasteiger partial charge on any atom is -0.460 e. The van der Waals surface area contributed by atoms with E-state index in [4.69, 9.17) is 4.74 Å². The smallest absolute Gasteiger partial charge is 0.308 e. The molecule has 0 aromatic heterocycles. The number of carbonyl (C=O) groups is 1. The Morgan fingerprint density at radius 2 is 2.11 bits per heavy atom. The van der Waals surface area contributed by atoms with E-state index < -0.39 is 5.60 Å². The first-order valence-electron chi connectivity index (χ1n) is 5.69. The van der Waals surface area contributed by atoms with Crippen molar-refractivity contribution in [2.75, 3.05) is 11.9 Å². The minimum atomic E-state index is -0.488. The zero-order valence-electron chi connectivity index (χ0n) is 10.7. The van der Waals surface area contributed by atoms with Crippen molar-refractivity contribution in [3.8, 4) is 0 Å². The highest BCUT2D eigenvalue weighted by molar-refractivity contribution is 9.10. The van der Waals surface area contributed by atoms with Gasteiger partial charge in [0.15, 0.2) is 0 Å². The van der Waals surface area contributed by atoms with Crippen LogP contribution in [-0.4, -0.2) is 18.1 Å². The van der Waals surface area contributed by atoms with Gasteiger partial charge in [-0.2, -0.15) is 0 Å². The zero-order valence-corrected chi connectivity index (χ0v) is 12.3. The van der Waals surface area contributed by atoms with Gasteiger partial charge < -0.3 is 10.1 Å². The van der Waals surface area contributed by atoms with E-state index in [0.29, 0.717) is 12.2 Å². The van der Waals surface area contributed by atoms with Gasteiger partial charge in [-0.25, -0.2) is 4.39 Å². The molecule has 1 rings (SSSR count). The van der Waals surface area contributed by atoms with Crippen molar-refractivity contribution < 1.29 is 13.9 Å². The Balaban J connectivity index is 2.42. The summed E-state index contributed by atoms with van der Waals surface area (Å²) >= 11 is 3.26. The number of hydrogen-bond acceptors (Lipinski definition) is 3. The van der Waals surface area contributed by atoms with Crippen LogP contribution in [0, 0.1) is 5.82 Å². The van der Waals surface area contributed by atoms with E-state index in [2.05, 4.69) is 21.2 Å². The highest BCUT2D eigenvalue weighted by Gasteiger charge is 2.15. The van der Waals surface area contributed by atoms with Gasteiger partial charge in [-0.15, -0.1) is 0 Å². The average Bonchev–Trinajstić information content (AvgIpc) is 2.20. The molecule has 0 aliphatic carbocycles. The fourth-order valence-electron chi connectivity index (χ4n) is 1.32. The quantitative estimate of drug-likeness (QED) is 0.860. The fraction of sp³-hybridized carbons (Fsp3) is 0.462. The number of anilines is 1.